The molecule has 0 saturated carbocycles. The number of ether oxygens (including phenoxy) is 1. The Morgan fingerprint density at radius 3 is 2.62 bits per heavy atom. The third kappa shape index (κ3) is 3.24. The number of nitriles is 1. The minimum Gasteiger partial charge on any atom is -0.476 e. The van der Waals surface area contributed by atoms with E-state index in [1.807, 2.05) is 44.2 Å². The number of rotatable bonds is 3. The normalized spacial score (nSPS) is 18.9. The molecule has 1 aliphatic rings. The summed E-state index contributed by atoms with van der Waals surface area (Å²) >= 11 is 0. The van der Waals surface area contributed by atoms with Gasteiger partial charge in [-0.3, -0.25) is 0 Å². The maximum atomic E-state index is 10.5. The quantitative estimate of drug-likeness (QED) is 0.850. The molecule has 1 aliphatic heterocycles. The first-order chi connectivity index (χ1) is 11.5. The third-order valence-electron chi connectivity index (χ3n) is 3.79. The fourth-order valence-corrected chi connectivity index (χ4v) is 2.54. The van der Waals surface area contributed by atoms with Gasteiger partial charge in [0.15, 0.2) is 0 Å². The van der Waals surface area contributed by atoms with Gasteiger partial charge in [-0.1, -0.05) is 36.4 Å². The highest BCUT2D eigenvalue weighted by Gasteiger charge is 2.30. The van der Waals surface area contributed by atoms with Gasteiger partial charge in [-0.2, -0.15) is 5.26 Å². The van der Waals surface area contributed by atoms with E-state index in [9.17, 15) is 10.4 Å². The zero-order valence-corrected chi connectivity index (χ0v) is 13.7. The maximum absolute atomic E-state index is 10.5. The Balaban J connectivity index is 1.96. The van der Waals surface area contributed by atoms with Gasteiger partial charge in [0.25, 0.3) is 0 Å². The monoisotopic (exact) mass is 321 g/mol. The molecule has 24 heavy (non-hydrogen) atoms. The summed E-state index contributed by atoms with van der Waals surface area (Å²) in [6, 6.07) is 16.7. The molecule has 0 spiro atoms. The number of aliphatic hydroxyl groups is 1. The van der Waals surface area contributed by atoms with Crippen molar-refractivity contribution in [2.75, 3.05) is 6.61 Å². The van der Waals surface area contributed by atoms with Crippen LogP contribution >= 0.6 is 0 Å². The molecule has 122 valence electrons. The molecule has 5 heteroatoms. The van der Waals surface area contributed by atoms with Crippen molar-refractivity contribution in [2.45, 2.75) is 25.5 Å². The summed E-state index contributed by atoms with van der Waals surface area (Å²) in [6.45, 7) is 4.48. The van der Waals surface area contributed by atoms with E-state index in [0.29, 0.717) is 29.5 Å². The van der Waals surface area contributed by atoms with E-state index in [1.54, 1.807) is 18.2 Å². The molecule has 1 atom stereocenters. The SMILES string of the molecule is CC1(C)CO/C(=C(/C#N)c2cccc(C(O)c3ccccc3)n2)N1. The van der Waals surface area contributed by atoms with Crippen molar-refractivity contribution in [1.82, 2.24) is 10.3 Å². The number of aromatic nitrogens is 1. The van der Waals surface area contributed by atoms with Crippen LogP contribution in [0.25, 0.3) is 5.57 Å². The van der Waals surface area contributed by atoms with E-state index < -0.39 is 6.10 Å². The molecular weight excluding hydrogens is 302 g/mol. The van der Waals surface area contributed by atoms with Crippen molar-refractivity contribution < 1.29 is 9.84 Å². The van der Waals surface area contributed by atoms with Crippen LogP contribution in [0.3, 0.4) is 0 Å². The average Bonchev–Trinajstić information content (AvgIpc) is 2.95. The Labute approximate surface area is 141 Å². The highest BCUT2D eigenvalue weighted by molar-refractivity contribution is 5.76. The Morgan fingerprint density at radius 2 is 2.00 bits per heavy atom. The molecule has 0 radical (unpaired) electrons. The fourth-order valence-electron chi connectivity index (χ4n) is 2.54. The molecule has 1 unspecified atom stereocenters. The van der Waals surface area contributed by atoms with Crippen LogP contribution in [0.4, 0.5) is 0 Å². The van der Waals surface area contributed by atoms with Crippen LogP contribution in [0.5, 0.6) is 0 Å². The number of benzene rings is 1. The number of nitrogens with zero attached hydrogens (tertiary/aromatic N) is 2. The highest BCUT2D eigenvalue weighted by Crippen LogP contribution is 2.26. The van der Waals surface area contributed by atoms with Gasteiger partial charge in [0, 0.05) is 0 Å². The lowest BCUT2D eigenvalue weighted by molar-refractivity contribution is 0.215. The van der Waals surface area contributed by atoms with E-state index in [4.69, 9.17) is 4.74 Å². The van der Waals surface area contributed by atoms with Crippen LogP contribution < -0.4 is 5.32 Å². The molecule has 1 saturated heterocycles. The van der Waals surface area contributed by atoms with E-state index in [0.717, 1.165) is 5.56 Å². The van der Waals surface area contributed by atoms with Gasteiger partial charge in [0.1, 0.15) is 24.4 Å². The molecule has 5 nitrogen and oxygen atoms in total. The molecular formula is C19H19N3O2. The second-order valence-electron chi connectivity index (χ2n) is 6.37. The topological polar surface area (TPSA) is 78.2 Å². The minimum absolute atomic E-state index is 0.224. The summed E-state index contributed by atoms with van der Waals surface area (Å²) in [5.41, 5.74) is 1.83. The van der Waals surface area contributed by atoms with Gasteiger partial charge in [0.05, 0.1) is 16.9 Å². The highest BCUT2D eigenvalue weighted by atomic mass is 16.5. The zero-order chi connectivity index (χ0) is 17.2. The van der Waals surface area contributed by atoms with Crippen LogP contribution in [0, 0.1) is 11.3 Å². The third-order valence-corrected chi connectivity index (χ3v) is 3.79. The summed E-state index contributed by atoms with van der Waals surface area (Å²) < 4.78 is 5.60. The number of pyridine rings is 1. The molecule has 0 bridgehead atoms. The van der Waals surface area contributed by atoms with Gasteiger partial charge in [-0.05, 0) is 31.5 Å². The predicted molar refractivity (Wildman–Crippen MR) is 90.4 cm³/mol. The van der Waals surface area contributed by atoms with E-state index in [2.05, 4.69) is 16.4 Å². The Hall–Kier alpha value is -2.84. The molecule has 1 fully saturated rings. The first-order valence-corrected chi connectivity index (χ1v) is 7.76. The van der Waals surface area contributed by atoms with Crippen molar-refractivity contribution in [1.29, 1.82) is 5.26 Å². The van der Waals surface area contributed by atoms with Crippen LogP contribution in [0.2, 0.25) is 0 Å². The number of hydrogen-bond donors (Lipinski definition) is 2. The standard InChI is InChI=1S/C19H19N3O2/c1-19(2)12-24-18(22-19)14(11-20)15-9-6-10-16(21-15)17(23)13-7-4-3-5-8-13/h3-10,17,22-23H,12H2,1-2H3/b18-14-. The zero-order valence-electron chi connectivity index (χ0n) is 13.7. The number of aliphatic hydroxyl groups excluding tert-OH is 1. The van der Waals surface area contributed by atoms with Gasteiger partial charge in [-0.25, -0.2) is 4.98 Å². The Morgan fingerprint density at radius 1 is 1.25 bits per heavy atom. The van der Waals surface area contributed by atoms with Crippen molar-refractivity contribution in [3.63, 3.8) is 0 Å². The molecule has 0 amide bonds. The van der Waals surface area contributed by atoms with Gasteiger partial charge >= 0.3 is 0 Å². The second kappa shape index (κ2) is 6.34. The van der Waals surface area contributed by atoms with Crippen LogP contribution in [-0.4, -0.2) is 22.2 Å². The Kier molecular flexibility index (Phi) is 4.24. The number of allylic oxidation sites excluding steroid dienone is 1. The summed E-state index contributed by atoms with van der Waals surface area (Å²) in [4.78, 5) is 4.46. The average molecular weight is 321 g/mol. The number of nitrogens with one attached hydrogen (secondary N) is 1. The van der Waals surface area contributed by atoms with Gasteiger partial charge < -0.3 is 15.2 Å². The first kappa shape index (κ1) is 16.0. The van der Waals surface area contributed by atoms with Crippen molar-refractivity contribution in [3.05, 3.63) is 71.4 Å². The molecule has 2 aromatic rings. The minimum atomic E-state index is -0.843. The summed E-state index contributed by atoms with van der Waals surface area (Å²) in [5, 5.41) is 23.2. The molecule has 0 aliphatic carbocycles. The lowest BCUT2D eigenvalue weighted by Crippen LogP contribution is -2.34. The lowest BCUT2D eigenvalue weighted by atomic mass is 10.1. The summed E-state index contributed by atoms with van der Waals surface area (Å²) in [5.74, 6) is 0.432. The predicted octanol–water partition coefficient (Wildman–Crippen LogP) is 2.75. The summed E-state index contributed by atoms with van der Waals surface area (Å²) in [7, 11) is 0. The van der Waals surface area contributed by atoms with Crippen molar-refractivity contribution >= 4 is 5.57 Å². The lowest BCUT2D eigenvalue weighted by Gasteiger charge is -2.14. The van der Waals surface area contributed by atoms with E-state index >= 15 is 0 Å². The molecule has 3 rings (SSSR count). The smallest absolute Gasteiger partial charge is 0.207 e. The first-order valence-electron chi connectivity index (χ1n) is 7.76. The number of hydrogen-bond acceptors (Lipinski definition) is 5. The Bertz CT molecular complexity index is 807. The van der Waals surface area contributed by atoms with Crippen molar-refractivity contribution in [2.24, 2.45) is 0 Å². The molecule has 1 aromatic heterocycles. The van der Waals surface area contributed by atoms with E-state index in [-0.39, 0.29) is 5.54 Å². The van der Waals surface area contributed by atoms with Crippen molar-refractivity contribution in [3.8, 4) is 6.07 Å². The van der Waals surface area contributed by atoms with Crippen LogP contribution in [-0.2, 0) is 4.74 Å². The maximum Gasteiger partial charge on any atom is 0.207 e. The largest absolute Gasteiger partial charge is 0.476 e. The van der Waals surface area contributed by atoms with Gasteiger partial charge in [0.2, 0.25) is 5.88 Å². The molecule has 2 N–H and O–H groups in total. The van der Waals surface area contributed by atoms with E-state index in [1.165, 1.54) is 0 Å². The van der Waals surface area contributed by atoms with Gasteiger partial charge in [-0.15, -0.1) is 0 Å². The fraction of sp³-hybridized carbons (Fsp3) is 0.263. The molecule has 2 heterocycles. The second-order valence-corrected chi connectivity index (χ2v) is 6.37. The molecule has 1 aromatic carbocycles. The summed E-state index contributed by atoms with van der Waals surface area (Å²) in [6.07, 6.45) is -0.843. The van der Waals surface area contributed by atoms with Crippen LogP contribution in [0.1, 0.15) is 36.9 Å². The van der Waals surface area contributed by atoms with Crippen LogP contribution in [0.15, 0.2) is 54.4 Å².